The molecule has 128 valence electrons. The molecule has 1 aliphatic rings. The zero-order chi connectivity index (χ0) is 17.6. The second-order valence-corrected chi connectivity index (χ2v) is 7.53. The third-order valence-corrected chi connectivity index (χ3v) is 5.58. The number of hydrogen-bond acceptors (Lipinski definition) is 2. The molecule has 0 unspecified atom stereocenters. The van der Waals surface area contributed by atoms with Gasteiger partial charge in [-0.1, -0.05) is 52.5 Å². The van der Waals surface area contributed by atoms with Gasteiger partial charge < -0.3 is 5.32 Å². The number of anilines is 1. The lowest BCUT2D eigenvalue weighted by atomic mass is 10.1. The normalized spacial score (nSPS) is 13.0. The Bertz CT molecular complexity index is 965. The van der Waals surface area contributed by atoms with Crippen LogP contribution < -0.4 is 5.32 Å². The van der Waals surface area contributed by atoms with Crippen LogP contribution in [0.25, 0.3) is 5.69 Å². The van der Waals surface area contributed by atoms with Crippen LogP contribution in [0, 0.1) is 0 Å². The molecule has 0 saturated heterocycles. The van der Waals surface area contributed by atoms with E-state index in [0.29, 0.717) is 26.5 Å². The molecule has 2 heterocycles. The van der Waals surface area contributed by atoms with Crippen molar-refractivity contribution in [2.75, 3.05) is 11.9 Å². The highest BCUT2D eigenvalue weighted by Gasteiger charge is 2.23. The Morgan fingerprint density at radius 1 is 0.960 bits per heavy atom. The molecule has 3 aromatic rings. The summed E-state index contributed by atoms with van der Waals surface area (Å²) in [6.07, 6.45) is 1.57. The van der Waals surface area contributed by atoms with Crippen molar-refractivity contribution >= 4 is 52.2 Å². The second kappa shape index (κ2) is 6.73. The van der Waals surface area contributed by atoms with Gasteiger partial charge >= 0.3 is 0 Å². The van der Waals surface area contributed by atoms with Crippen LogP contribution in [0.3, 0.4) is 0 Å². The standard InChI is InChI=1S/C18H13Cl4N3/c19-11-2-1-10(15(21)8-11)7-17-13-5-6-23-18(13)25(24-17)12-3-4-14(20)16(22)9-12/h1-4,8-9,23H,5-7H2. The number of nitrogens with zero attached hydrogens (tertiary/aromatic N) is 2. The molecule has 0 atom stereocenters. The molecular formula is C18H13Cl4N3. The number of hydrogen-bond donors (Lipinski definition) is 1. The molecule has 0 bridgehead atoms. The highest BCUT2D eigenvalue weighted by Crippen LogP contribution is 2.33. The summed E-state index contributed by atoms with van der Waals surface area (Å²) < 4.78 is 1.88. The molecule has 0 saturated carbocycles. The lowest BCUT2D eigenvalue weighted by Gasteiger charge is -2.07. The molecular weight excluding hydrogens is 400 g/mol. The van der Waals surface area contributed by atoms with Crippen LogP contribution in [0.4, 0.5) is 5.82 Å². The zero-order valence-corrected chi connectivity index (χ0v) is 16.0. The summed E-state index contributed by atoms with van der Waals surface area (Å²) in [5, 5.41) is 10.5. The first kappa shape index (κ1) is 17.0. The van der Waals surface area contributed by atoms with Crippen LogP contribution in [0.1, 0.15) is 16.8 Å². The Labute approximate surface area is 165 Å². The van der Waals surface area contributed by atoms with E-state index in [-0.39, 0.29) is 0 Å². The Balaban J connectivity index is 1.76. The average molecular weight is 413 g/mol. The van der Waals surface area contributed by atoms with E-state index in [1.54, 1.807) is 12.1 Å². The van der Waals surface area contributed by atoms with E-state index in [1.165, 1.54) is 5.56 Å². The number of benzene rings is 2. The van der Waals surface area contributed by atoms with Crippen LogP contribution in [0.2, 0.25) is 20.1 Å². The molecule has 0 radical (unpaired) electrons. The first-order valence-corrected chi connectivity index (χ1v) is 9.28. The van der Waals surface area contributed by atoms with Crippen molar-refractivity contribution < 1.29 is 0 Å². The maximum atomic E-state index is 6.33. The fourth-order valence-electron chi connectivity index (χ4n) is 3.04. The van der Waals surface area contributed by atoms with E-state index in [4.69, 9.17) is 51.5 Å². The van der Waals surface area contributed by atoms with Gasteiger partial charge in [-0.3, -0.25) is 0 Å². The van der Waals surface area contributed by atoms with E-state index in [9.17, 15) is 0 Å². The van der Waals surface area contributed by atoms with Crippen LogP contribution in [-0.4, -0.2) is 16.3 Å². The van der Waals surface area contributed by atoms with Gasteiger partial charge in [-0.25, -0.2) is 4.68 Å². The van der Waals surface area contributed by atoms with E-state index in [0.717, 1.165) is 35.7 Å². The van der Waals surface area contributed by atoms with Gasteiger partial charge in [0, 0.05) is 28.6 Å². The lowest BCUT2D eigenvalue weighted by molar-refractivity contribution is 0.840. The predicted octanol–water partition coefficient (Wildman–Crippen LogP) is 6.04. The van der Waals surface area contributed by atoms with Crippen molar-refractivity contribution in [3.8, 4) is 5.69 Å². The SMILES string of the molecule is Clc1ccc(Cc2nn(-c3ccc(Cl)c(Cl)c3)c3c2CCN3)c(Cl)c1. The third-order valence-electron chi connectivity index (χ3n) is 4.25. The smallest absolute Gasteiger partial charge is 0.133 e. The number of nitrogens with one attached hydrogen (secondary N) is 1. The maximum Gasteiger partial charge on any atom is 0.133 e. The molecule has 2 aromatic carbocycles. The minimum atomic E-state index is 0.503. The number of rotatable bonds is 3. The predicted molar refractivity (Wildman–Crippen MR) is 105 cm³/mol. The number of halogens is 4. The van der Waals surface area contributed by atoms with Crippen LogP contribution in [-0.2, 0) is 12.8 Å². The first-order valence-electron chi connectivity index (χ1n) is 7.77. The quantitative estimate of drug-likeness (QED) is 0.567. The summed E-state index contributed by atoms with van der Waals surface area (Å²) in [5.74, 6) is 0.999. The van der Waals surface area contributed by atoms with Crippen molar-refractivity contribution in [3.63, 3.8) is 0 Å². The number of fused-ring (bicyclic) bond motifs is 1. The molecule has 1 aliphatic heterocycles. The Hall–Kier alpha value is -1.39. The summed E-state index contributed by atoms with van der Waals surface area (Å²) in [7, 11) is 0. The first-order chi connectivity index (χ1) is 12.0. The molecule has 4 rings (SSSR count). The second-order valence-electron chi connectivity index (χ2n) is 5.87. The van der Waals surface area contributed by atoms with E-state index < -0.39 is 0 Å². The Kier molecular flexibility index (Phi) is 4.59. The minimum absolute atomic E-state index is 0.503. The van der Waals surface area contributed by atoms with Crippen LogP contribution >= 0.6 is 46.4 Å². The van der Waals surface area contributed by atoms with Crippen LogP contribution in [0.15, 0.2) is 36.4 Å². The van der Waals surface area contributed by atoms with Gasteiger partial charge in [0.2, 0.25) is 0 Å². The van der Waals surface area contributed by atoms with Gasteiger partial charge in [0.05, 0.1) is 21.4 Å². The maximum absolute atomic E-state index is 6.33. The Morgan fingerprint density at radius 3 is 2.56 bits per heavy atom. The minimum Gasteiger partial charge on any atom is -0.369 e. The van der Waals surface area contributed by atoms with Crippen molar-refractivity contribution in [1.82, 2.24) is 9.78 Å². The van der Waals surface area contributed by atoms with E-state index >= 15 is 0 Å². The molecule has 25 heavy (non-hydrogen) atoms. The summed E-state index contributed by atoms with van der Waals surface area (Å²) >= 11 is 24.5. The van der Waals surface area contributed by atoms with Crippen molar-refractivity contribution in [2.24, 2.45) is 0 Å². The molecule has 0 spiro atoms. The van der Waals surface area contributed by atoms with E-state index in [1.807, 2.05) is 28.9 Å². The van der Waals surface area contributed by atoms with Gasteiger partial charge in [-0.15, -0.1) is 0 Å². The molecule has 1 N–H and O–H groups in total. The molecule has 1 aromatic heterocycles. The summed E-state index contributed by atoms with van der Waals surface area (Å²) in [4.78, 5) is 0. The fourth-order valence-corrected chi connectivity index (χ4v) is 3.80. The van der Waals surface area contributed by atoms with Gasteiger partial charge in [-0.05, 0) is 42.3 Å². The summed E-state index contributed by atoms with van der Waals surface area (Å²) in [6.45, 7) is 0.885. The highest BCUT2D eigenvalue weighted by atomic mass is 35.5. The summed E-state index contributed by atoms with van der Waals surface area (Å²) in [6, 6.07) is 11.0. The lowest BCUT2D eigenvalue weighted by Crippen LogP contribution is -2.05. The van der Waals surface area contributed by atoms with Crippen LogP contribution in [0.5, 0.6) is 0 Å². The van der Waals surface area contributed by atoms with Gasteiger partial charge in [0.1, 0.15) is 5.82 Å². The molecule has 3 nitrogen and oxygen atoms in total. The van der Waals surface area contributed by atoms with Crippen molar-refractivity contribution in [1.29, 1.82) is 0 Å². The van der Waals surface area contributed by atoms with Gasteiger partial charge in [0.15, 0.2) is 0 Å². The summed E-state index contributed by atoms with van der Waals surface area (Å²) in [5.41, 5.74) is 4.07. The van der Waals surface area contributed by atoms with Crippen molar-refractivity contribution in [2.45, 2.75) is 12.8 Å². The molecule has 0 fully saturated rings. The topological polar surface area (TPSA) is 29.9 Å². The Morgan fingerprint density at radius 2 is 1.80 bits per heavy atom. The van der Waals surface area contributed by atoms with E-state index in [2.05, 4.69) is 5.32 Å². The molecule has 0 aliphatic carbocycles. The molecule has 0 amide bonds. The highest BCUT2D eigenvalue weighted by molar-refractivity contribution is 6.42. The molecule has 7 heteroatoms. The fraction of sp³-hybridized carbons (Fsp3) is 0.167. The van der Waals surface area contributed by atoms with Gasteiger partial charge in [0.25, 0.3) is 0 Å². The van der Waals surface area contributed by atoms with Crippen molar-refractivity contribution in [3.05, 3.63) is 73.3 Å². The third kappa shape index (κ3) is 3.22. The van der Waals surface area contributed by atoms with Gasteiger partial charge in [-0.2, -0.15) is 5.10 Å². The number of aromatic nitrogens is 2. The monoisotopic (exact) mass is 411 g/mol. The zero-order valence-electron chi connectivity index (χ0n) is 13.0. The average Bonchev–Trinajstić information content (AvgIpc) is 3.16. The largest absolute Gasteiger partial charge is 0.369 e.